The van der Waals surface area contributed by atoms with E-state index in [4.69, 9.17) is 0 Å². The van der Waals surface area contributed by atoms with E-state index >= 15 is 0 Å². The summed E-state index contributed by atoms with van der Waals surface area (Å²) in [4.78, 5) is 15.9. The molecule has 2 aliphatic heterocycles. The molecule has 1 aromatic carbocycles. The quantitative estimate of drug-likeness (QED) is 0.644. The van der Waals surface area contributed by atoms with Crippen molar-refractivity contribution in [1.82, 2.24) is 14.0 Å². The summed E-state index contributed by atoms with van der Waals surface area (Å²) in [5.41, 5.74) is 2.35. The van der Waals surface area contributed by atoms with Crippen LogP contribution in [0.25, 0.3) is 21.8 Å². The lowest BCUT2D eigenvalue weighted by atomic mass is 9.82. The molecule has 0 aliphatic carbocycles. The van der Waals surface area contributed by atoms with E-state index in [-0.39, 0.29) is 18.0 Å². The van der Waals surface area contributed by atoms with E-state index in [2.05, 4.69) is 41.8 Å². The zero-order valence-corrected chi connectivity index (χ0v) is 16.2. The second-order valence-corrected chi connectivity index (χ2v) is 7.89. The molecule has 0 unspecified atom stereocenters. The van der Waals surface area contributed by atoms with Crippen LogP contribution < -0.4 is 5.56 Å². The van der Waals surface area contributed by atoms with Crippen LogP contribution in [0.2, 0.25) is 0 Å². The molecule has 138 valence electrons. The minimum absolute atomic E-state index is 0. The van der Waals surface area contributed by atoms with Crippen molar-refractivity contribution in [3.8, 4) is 0 Å². The fourth-order valence-electron chi connectivity index (χ4n) is 5.28. The van der Waals surface area contributed by atoms with E-state index in [0.29, 0.717) is 18.1 Å². The van der Waals surface area contributed by atoms with Crippen LogP contribution in [0.1, 0.15) is 38.1 Å². The number of rotatable bonds is 1. The number of para-hydroxylation sites is 1. The van der Waals surface area contributed by atoms with Gasteiger partial charge in [-0.25, -0.2) is 0 Å². The molecule has 0 spiro atoms. The average molecular weight is 372 g/mol. The number of fused-ring (bicyclic) bond motifs is 5. The fraction of sp³-hybridized carbons (Fsp3) is 0.476. The Morgan fingerprint density at radius 2 is 1.62 bits per heavy atom. The van der Waals surface area contributed by atoms with Gasteiger partial charge in [0.25, 0.3) is 5.56 Å². The molecule has 0 N–H and O–H groups in total. The zero-order valence-electron chi connectivity index (χ0n) is 15.4. The SMILES string of the molecule is CN1[C@@H]2CCC[C@H]1C[C@@H](n1ccc3c(c1=O)c1ccccc1n3C)C2.Cl. The summed E-state index contributed by atoms with van der Waals surface area (Å²) in [5.74, 6) is 0. The number of hydrogen-bond acceptors (Lipinski definition) is 2. The lowest BCUT2D eigenvalue weighted by Gasteiger charge is -2.47. The Morgan fingerprint density at radius 3 is 2.35 bits per heavy atom. The van der Waals surface area contributed by atoms with E-state index in [0.717, 1.165) is 34.6 Å². The maximum atomic E-state index is 13.4. The number of benzene rings is 1. The Balaban J connectivity index is 0.00000168. The van der Waals surface area contributed by atoms with E-state index in [9.17, 15) is 4.79 Å². The normalized spacial score (nSPS) is 26.2. The fourth-order valence-corrected chi connectivity index (χ4v) is 5.28. The summed E-state index contributed by atoms with van der Waals surface area (Å²) in [5, 5.41) is 1.96. The van der Waals surface area contributed by atoms with E-state index < -0.39 is 0 Å². The molecule has 2 fully saturated rings. The van der Waals surface area contributed by atoms with E-state index in [1.807, 2.05) is 22.9 Å². The highest BCUT2D eigenvalue weighted by Gasteiger charge is 2.37. The molecule has 2 saturated heterocycles. The van der Waals surface area contributed by atoms with E-state index in [1.54, 1.807) is 0 Å². The monoisotopic (exact) mass is 371 g/mol. The molecule has 0 radical (unpaired) electrons. The second-order valence-electron chi connectivity index (χ2n) is 7.89. The minimum Gasteiger partial charge on any atom is -0.343 e. The Hall–Kier alpha value is -1.78. The topological polar surface area (TPSA) is 30.2 Å². The Kier molecular flexibility index (Phi) is 4.36. The third-order valence-electron chi connectivity index (χ3n) is 6.70. The van der Waals surface area contributed by atoms with Gasteiger partial charge in [0.1, 0.15) is 0 Å². The molecular weight excluding hydrogens is 346 g/mol. The van der Waals surface area contributed by atoms with Gasteiger partial charge in [-0.15, -0.1) is 12.4 Å². The van der Waals surface area contributed by atoms with Crippen molar-refractivity contribution in [3.05, 3.63) is 46.9 Å². The molecule has 4 nitrogen and oxygen atoms in total. The van der Waals surface area contributed by atoms with Gasteiger partial charge >= 0.3 is 0 Å². The molecule has 0 amide bonds. The smallest absolute Gasteiger partial charge is 0.260 e. The summed E-state index contributed by atoms with van der Waals surface area (Å²) < 4.78 is 4.17. The maximum absolute atomic E-state index is 13.4. The van der Waals surface area contributed by atoms with Gasteiger partial charge in [0.2, 0.25) is 0 Å². The summed E-state index contributed by atoms with van der Waals surface area (Å²) in [6, 6.07) is 12.0. The first-order valence-corrected chi connectivity index (χ1v) is 9.45. The predicted octanol–water partition coefficient (Wildman–Crippen LogP) is 4.10. The summed E-state index contributed by atoms with van der Waals surface area (Å²) in [6.07, 6.45) is 8.12. The number of pyridine rings is 1. The van der Waals surface area contributed by atoms with Crippen LogP contribution in [-0.2, 0) is 7.05 Å². The minimum atomic E-state index is 0. The number of aromatic nitrogens is 2. The van der Waals surface area contributed by atoms with Crippen LogP contribution in [0, 0.1) is 0 Å². The van der Waals surface area contributed by atoms with Gasteiger partial charge in [-0.3, -0.25) is 4.79 Å². The van der Waals surface area contributed by atoms with Gasteiger partial charge in [-0.05, 0) is 44.9 Å². The molecule has 0 saturated carbocycles. The highest BCUT2D eigenvalue weighted by molar-refractivity contribution is 6.07. The highest BCUT2D eigenvalue weighted by Crippen LogP contribution is 2.38. The van der Waals surface area contributed by atoms with Crippen LogP contribution in [-0.4, -0.2) is 33.2 Å². The third kappa shape index (κ3) is 2.43. The molecular formula is C21H26ClN3O. The maximum Gasteiger partial charge on any atom is 0.260 e. The molecule has 3 atom stereocenters. The van der Waals surface area contributed by atoms with Crippen LogP contribution in [0.4, 0.5) is 0 Å². The molecule has 3 aromatic rings. The average Bonchev–Trinajstić information content (AvgIpc) is 2.89. The van der Waals surface area contributed by atoms with Crippen molar-refractivity contribution in [2.75, 3.05) is 7.05 Å². The standard InChI is InChI=1S/C21H25N3O.ClH/c1-22-14-6-5-7-15(22)13-16(12-14)24-11-10-19-20(21(24)25)17-8-3-4-9-18(17)23(19)2;/h3-4,8-11,14-16H,5-7,12-13H2,1-2H3;1H/t14-,15+,16+;. The highest BCUT2D eigenvalue weighted by atomic mass is 35.5. The Bertz CT molecular complexity index is 1010. The van der Waals surface area contributed by atoms with Crippen LogP contribution in [0.3, 0.4) is 0 Å². The van der Waals surface area contributed by atoms with Crippen molar-refractivity contribution >= 4 is 34.2 Å². The predicted molar refractivity (Wildman–Crippen MR) is 109 cm³/mol. The molecule has 26 heavy (non-hydrogen) atoms. The third-order valence-corrected chi connectivity index (χ3v) is 6.70. The van der Waals surface area contributed by atoms with Crippen LogP contribution >= 0.6 is 12.4 Å². The molecule has 2 bridgehead atoms. The van der Waals surface area contributed by atoms with Gasteiger partial charge in [0, 0.05) is 42.3 Å². The Morgan fingerprint density at radius 1 is 0.923 bits per heavy atom. The van der Waals surface area contributed by atoms with Crippen LogP contribution in [0.15, 0.2) is 41.3 Å². The molecule has 5 rings (SSSR count). The van der Waals surface area contributed by atoms with Crippen molar-refractivity contribution in [3.63, 3.8) is 0 Å². The summed E-state index contributed by atoms with van der Waals surface area (Å²) in [6.45, 7) is 0. The second kappa shape index (κ2) is 6.43. The van der Waals surface area contributed by atoms with Crippen molar-refractivity contribution in [2.24, 2.45) is 7.05 Å². The first-order valence-electron chi connectivity index (χ1n) is 9.45. The lowest BCUT2D eigenvalue weighted by Crippen LogP contribution is -2.50. The number of nitrogens with zero attached hydrogens (tertiary/aromatic N) is 3. The first kappa shape index (κ1) is 17.6. The van der Waals surface area contributed by atoms with E-state index in [1.165, 1.54) is 19.3 Å². The first-order chi connectivity index (χ1) is 12.1. The number of hydrogen-bond donors (Lipinski definition) is 0. The molecule has 2 aliphatic rings. The van der Waals surface area contributed by atoms with Gasteiger partial charge in [-0.2, -0.15) is 0 Å². The van der Waals surface area contributed by atoms with Gasteiger partial charge in [-0.1, -0.05) is 24.6 Å². The number of aryl methyl sites for hydroxylation is 1. The van der Waals surface area contributed by atoms with Gasteiger partial charge in [0.15, 0.2) is 0 Å². The number of piperidine rings is 2. The largest absolute Gasteiger partial charge is 0.343 e. The number of halogens is 1. The zero-order chi connectivity index (χ0) is 17.1. The molecule has 2 aromatic heterocycles. The van der Waals surface area contributed by atoms with Crippen molar-refractivity contribution in [2.45, 2.75) is 50.2 Å². The Labute approximate surface area is 159 Å². The van der Waals surface area contributed by atoms with Gasteiger partial charge < -0.3 is 14.0 Å². The van der Waals surface area contributed by atoms with Gasteiger partial charge in [0.05, 0.1) is 10.9 Å². The van der Waals surface area contributed by atoms with Crippen molar-refractivity contribution in [1.29, 1.82) is 0 Å². The summed E-state index contributed by atoms with van der Waals surface area (Å²) in [7, 11) is 4.32. The molecule has 5 heteroatoms. The lowest BCUT2D eigenvalue weighted by molar-refractivity contribution is 0.0393. The summed E-state index contributed by atoms with van der Waals surface area (Å²) >= 11 is 0. The van der Waals surface area contributed by atoms with Crippen LogP contribution in [0.5, 0.6) is 0 Å². The molecule has 4 heterocycles. The van der Waals surface area contributed by atoms with Crippen molar-refractivity contribution < 1.29 is 0 Å².